The summed E-state index contributed by atoms with van der Waals surface area (Å²) >= 11 is 0. The zero-order chi connectivity index (χ0) is 15.9. The lowest BCUT2D eigenvalue weighted by atomic mass is 9.87. The third-order valence-electron chi connectivity index (χ3n) is 3.34. The maximum atomic E-state index is 11.8. The molecular formula is C16H23NO4. The minimum absolute atomic E-state index is 0.0254. The van der Waals surface area contributed by atoms with Crippen molar-refractivity contribution in [2.45, 2.75) is 32.8 Å². The van der Waals surface area contributed by atoms with Crippen molar-refractivity contribution in [1.82, 2.24) is 5.32 Å². The van der Waals surface area contributed by atoms with Gasteiger partial charge < -0.3 is 15.5 Å². The number of carbonyl (C=O) groups excluding carboxylic acids is 2. The first kappa shape index (κ1) is 17.3. The molecule has 1 aromatic carbocycles. The van der Waals surface area contributed by atoms with E-state index in [4.69, 9.17) is 5.11 Å². The van der Waals surface area contributed by atoms with Crippen LogP contribution in [-0.4, -0.2) is 41.2 Å². The van der Waals surface area contributed by atoms with E-state index < -0.39 is 17.4 Å². The van der Waals surface area contributed by atoms with E-state index in [9.17, 15) is 14.7 Å². The second-order valence-corrected chi connectivity index (χ2v) is 5.79. The highest BCUT2D eigenvalue weighted by Gasteiger charge is 2.32. The fourth-order valence-corrected chi connectivity index (χ4v) is 1.78. The Balaban J connectivity index is 2.33. The van der Waals surface area contributed by atoms with E-state index in [1.54, 1.807) is 13.8 Å². The fraction of sp³-hybridized carbons (Fsp3) is 0.500. The second-order valence-electron chi connectivity index (χ2n) is 5.79. The van der Waals surface area contributed by atoms with Crippen LogP contribution in [0.1, 0.15) is 25.8 Å². The summed E-state index contributed by atoms with van der Waals surface area (Å²) < 4.78 is 0. The molecule has 0 radical (unpaired) electrons. The van der Waals surface area contributed by atoms with E-state index in [2.05, 4.69) is 5.32 Å². The minimum atomic E-state index is -1.30. The molecule has 0 heterocycles. The van der Waals surface area contributed by atoms with Gasteiger partial charge in [-0.25, -0.2) is 0 Å². The number of aliphatic hydroxyl groups excluding tert-OH is 2. The smallest absolute Gasteiger partial charge is 0.249 e. The van der Waals surface area contributed by atoms with E-state index >= 15 is 0 Å². The molecule has 21 heavy (non-hydrogen) atoms. The number of hydrogen-bond donors (Lipinski definition) is 3. The standard InChI is InChI=1S/C16H23NO4/c1-16(2,11-18)14(20)15(21)17-9-8-13(19)10-12-6-4-3-5-7-12/h3-7,14,18,20H,8-11H2,1-2H3,(H,17,21)/t14-/m1/s1. The van der Waals surface area contributed by atoms with E-state index in [1.165, 1.54) is 0 Å². The summed E-state index contributed by atoms with van der Waals surface area (Å²) in [5, 5.41) is 21.4. The van der Waals surface area contributed by atoms with Gasteiger partial charge in [0.1, 0.15) is 11.9 Å². The highest BCUT2D eigenvalue weighted by atomic mass is 16.3. The maximum absolute atomic E-state index is 11.8. The molecule has 5 nitrogen and oxygen atoms in total. The summed E-state index contributed by atoms with van der Waals surface area (Å²) in [6.07, 6.45) is -0.749. The molecule has 0 unspecified atom stereocenters. The summed E-state index contributed by atoms with van der Waals surface area (Å²) in [5.74, 6) is -0.543. The first-order chi connectivity index (χ1) is 9.86. The molecule has 0 saturated carbocycles. The van der Waals surface area contributed by atoms with E-state index in [0.29, 0.717) is 6.42 Å². The molecule has 5 heteroatoms. The van der Waals surface area contributed by atoms with Gasteiger partial charge in [0, 0.05) is 24.8 Å². The molecule has 3 N–H and O–H groups in total. The van der Waals surface area contributed by atoms with Crippen LogP contribution in [0.15, 0.2) is 30.3 Å². The lowest BCUT2D eigenvalue weighted by Gasteiger charge is -2.27. The van der Waals surface area contributed by atoms with Gasteiger partial charge in [-0.15, -0.1) is 0 Å². The third-order valence-corrected chi connectivity index (χ3v) is 3.34. The van der Waals surface area contributed by atoms with Gasteiger partial charge in [-0.3, -0.25) is 9.59 Å². The first-order valence-electron chi connectivity index (χ1n) is 6.99. The van der Waals surface area contributed by atoms with Gasteiger partial charge >= 0.3 is 0 Å². The molecule has 0 saturated heterocycles. The van der Waals surface area contributed by atoms with Crippen molar-refractivity contribution < 1.29 is 19.8 Å². The molecule has 0 aliphatic carbocycles. The number of carbonyl (C=O) groups is 2. The van der Waals surface area contributed by atoms with Gasteiger partial charge in [-0.1, -0.05) is 44.2 Å². The van der Waals surface area contributed by atoms with Crippen molar-refractivity contribution in [1.29, 1.82) is 0 Å². The summed E-state index contributed by atoms with van der Waals surface area (Å²) in [7, 11) is 0. The molecule has 1 amide bonds. The summed E-state index contributed by atoms with van der Waals surface area (Å²) in [4.78, 5) is 23.5. The largest absolute Gasteiger partial charge is 0.396 e. The number of amides is 1. The van der Waals surface area contributed by atoms with Crippen molar-refractivity contribution >= 4 is 11.7 Å². The summed E-state index contributed by atoms with van der Waals surface area (Å²) in [6.45, 7) is 3.08. The number of ketones is 1. The molecule has 0 aromatic heterocycles. The summed E-state index contributed by atoms with van der Waals surface area (Å²) in [6, 6.07) is 9.39. The lowest BCUT2D eigenvalue weighted by molar-refractivity contribution is -0.137. The maximum Gasteiger partial charge on any atom is 0.249 e. The Hall–Kier alpha value is -1.72. The lowest BCUT2D eigenvalue weighted by Crippen LogP contribution is -2.46. The topological polar surface area (TPSA) is 86.6 Å². The van der Waals surface area contributed by atoms with Crippen LogP contribution >= 0.6 is 0 Å². The average Bonchev–Trinajstić information content (AvgIpc) is 2.47. The Kier molecular flexibility index (Phi) is 6.52. The van der Waals surface area contributed by atoms with Crippen molar-refractivity contribution in [2.24, 2.45) is 5.41 Å². The van der Waals surface area contributed by atoms with Gasteiger partial charge in [0.05, 0.1) is 6.61 Å². The fourth-order valence-electron chi connectivity index (χ4n) is 1.78. The predicted molar refractivity (Wildman–Crippen MR) is 79.7 cm³/mol. The average molecular weight is 293 g/mol. The zero-order valence-corrected chi connectivity index (χ0v) is 12.5. The highest BCUT2D eigenvalue weighted by Crippen LogP contribution is 2.19. The Morgan fingerprint density at radius 2 is 1.86 bits per heavy atom. The molecule has 1 rings (SSSR count). The Morgan fingerprint density at radius 3 is 2.43 bits per heavy atom. The monoisotopic (exact) mass is 293 g/mol. The second kappa shape index (κ2) is 7.90. The predicted octanol–water partition coefficient (Wildman–Crippen LogP) is 0.684. The van der Waals surface area contributed by atoms with Crippen LogP contribution in [0.2, 0.25) is 0 Å². The molecule has 0 aliphatic rings. The number of nitrogens with one attached hydrogen (secondary N) is 1. The van der Waals surface area contributed by atoms with E-state index in [1.807, 2.05) is 30.3 Å². The Morgan fingerprint density at radius 1 is 1.24 bits per heavy atom. The number of aliphatic hydroxyl groups is 2. The van der Waals surface area contributed by atoms with Gasteiger partial charge in [0.25, 0.3) is 0 Å². The highest BCUT2D eigenvalue weighted by molar-refractivity contribution is 5.83. The molecule has 0 aliphatic heterocycles. The number of rotatable bonds is 8. The number of hydrogen-bond acceptors (Lipinski definition) is 4. The Bertz CT molecular complexity index is 470. The van der Waals surface area contributed by atoms with Crippen molar-refractivity contribution in [2.75, 3.05) is 13.2 Å². The third kappa shape index (κ3) is 5.65. The van der Waals surface area contributed by atoms with Gasteiger partial charge in [-0.2, -0.15) is 0 Å². The molecule has 0 spiro atoms. The van der Waals surface area contributed by atoms with Crippen LogP contribution in [0.4, 0.5) is 0 Å². The van der Waals surface area contributed by atoms with Crippen molar-refractivity contribution in [3.05, 3.63) is 35.9 Å². The van der Waals surface area contributed by atoms with Crippen LogP contribution in [0.25, 0.3) is 0 Å². The quantitative estimate of drug-likeness (QED) is 0.658. The molecule has 1 atom stereocenters. The molecular weight excluding hydrogens is 270 g/mol. The van der Waals surface area contributed by atoms with Crippen molar-refractivity contribution in [3.8, 4) is 0 Å². The van der Waals surface area contributed by atoms with Crippen LogP contribution < -0.4 is 5.32 Å². The number of Topliss-reactive ketones (excluding diaryl/α,β-unsaturated/α-hetero) is 1. The van der Waals surface area contributed by atoms with Crippen LogP contribution in [0.5, 0.6) is 0 Å². The van der Waals surface area contributed by atoms with Gasteiger partial charge in [0.15, 0.2) is 0 Å². The normalized spacial score (nSPS) is 12.8. The molecule has 0 fully saturated rings. The van der Waals surface area contributed by atoms with E-state index in [-0.39, 0.29) is 25.4 Å². The first-order valence-corrected chi connectivity index (χ1v) is 6.99. The van der Waals surface area contributed by atoms with Gasteiger partial charge in [0.2, 0.25) is 5.91 Å². The van der Waals surface area contributed by atoms with Gasteiger partial charge in [-0.05, 0) is 5.56 Å². The molecule has 116 valence electrons. The minimum Gasteiger partial charge on any atom is -0.396 e. The zero-order valence-electron chi connectivity index (χ0n) is 12.5. The molecule has 0 bridgehead atoms. The van der Waals surface area contributed by atoms with Crippen molar-refractivity contribution in [3.63, 3.8) is 0 Å². The van der Waals surface area contributed by atoms with Crippen LogP contribution in [0, 0.1) is 5.41 Å². The van der Waals surface area contributed by atoms with E-state index in [0.717, 1.165) is 5.56 Å². The molecule has 1 aromatic rings. The Labute approximate surface area is 125 Å². The SMILES string of the molecule is CC(C)(CO)[C@H](O)C(=O)NCCC(=O)Cc1ccccc1. The summed E-state index contributed by atoms with van der Waals surface area (Å²) in [5.41, 5.74) is 0.0354. The van der Waals surface area contributed by atoms with Crippen LogP contribution in [0.3, 0.4) is 0 Å². The number of benzene rings is 1. The van der Waals surface area contributed by atoms with Crippen LogP contribution in [-0.2, 0) is 16.0 Å².